The summed E-state index contributed by atoms with van der Waals surface area (Å²) in [6.45, 7) is 3.74. The van der Waals surface area contributed by atoms with E-state index in [9.17, 15) is 9.18 Å². The first-order valence-corrected chi connectivity index (χ1v) is 6.40. The molecule has 0 fully saturated rings. The molecule has 0 bridgehead atoms. The Kier molecular flexibility index (Phi) is 6.36. The van der Waals surface area contributed by atoms with Gasteiger partial charge < -0.3 is 10.6 Å². The van der Waals surface area contributed by atoms with Crippen LogP contribution in [0.2, 0.25) is 0 Å². The molecule has 1 aromatic carbocycles. The maximum atomic E-state index is 13.5. The van der Waals surface area contributed by atoms with Crippen molar-refractivity contribution in [3.8, 4) is 0 Å². The highest BCUT2D eigenvalue weighted by atomic mass is 19.1. The van der Waals surface area contributed by atoms with E-state index in [1.54, 1.807) is 23.1 Å². The van der Waals surface area contributed by atoms with E-state index >= 15 is 0 Å². The Labute approximate surface area is 108 Å². The van der Waals surface area contributed by atoms with E-state index in [1.807, 2.05) is 0 Å². The van der Waals surface area contributed by atoms with Crippen molar-refractivity contribution in [1.29, 1.82) is 0 Å². The van der Waals surface area contributed by atoms with Crippen molar-refractivity contribution in [3.05, 3.63) is 35.6 Å². The maximum Gasteiger partial charge on any atom is 0.227 e. The lowest BCUT2D eigenvalue weighted by Gasteiger charge is -2.22. The van der Waals surface area contributed by atoms with Crippen molar-refractivity contribution in [2.24, 2.45) is 5.73 Å². The molecule has 3 nitrogen and oxygen atoms in total. The van der Waals surface area contributed by atoms with Gasteiger partial charge in [0.25, 0.3) is 0 Å². The van der Waals surface area contributed by atoms with Crippen LogP contribution in [0.3, 0.4) is 0 Å². The van der Waals surface area contributed by atoms with Gasteiger partial charge in [0.1, 0.15) is 5.82 Å². The van der Waals surface area contributed by atoms with Gasteiger partial charge in [0, 0.05) is 19.6 Å². The average molecular weight is 252 g/mol. The van der Waals surface area contributed by atoms with Gasteiger partial charge in [-0.05, 0) is 18.1 Å². The van der Waals surface area contributed by atoms with E-state index in [-0.39, 0.29) is 18.1 Å². The Morgan fingerprint density at radius 1 is 1.33 bits per heavy atom. The zero-order chi connectivity index (χ0) is 13.4. The molecule has 0 heterocycles. The van der Waals surface area contributed by atoms with Gasteiger partial charge in [-0.1, -0.05) is 31.5 Å². The number of nitrogens with two attached hydrogens (primary N) is 1. The quantitative estimate of drug-likeness (QED) is 0.806. The lowest BCUT2D eigenvalue weighted by atomic mass is 10.1. The molecule has 0 aliphatic rings. The molecule has 0 atom stereocenters. The number of hydrogen-bond donors (Lipinski definition) is 1. The summed E-state index contributed by atoms with van der Waals surface area (Å²) in [6.07, 6.45) is 2.08. The minimum atomic E-state index is -0.325. The lowest BCUT2D eigenvalue weighted by Crippen LogP contribution is -2.37. The van der Waals surface area contributed by atoms with E-state index in [0.717, 1.165) is 12.8 Å². The van der Waals surface area contributed by atoms with Gasteiger partial charge in [-0.15, -0.1) is 0 Å². The van der Waals surface area contributed by atoms with Crippen LogP contribution in [-0.4, -0.2) is 30.4 Å². The molecule has 2 N–H and O–H groups in total. The van der Waals surface area contributed by atoms with Crippen LogP contribution >= 0.6 is 0 Å². The first-order chi connectivity index (χ1) is 8.69. The summed E-state index contributed by atoms with van der Waals surface area (Å²) in [5.41, 5.74) is 5.94. The summed E-state index contributed by atoms with van der Waals surface area (Å²) in [6, 6.07) is 6.39. The molecule has 0 spiro atoms. The number of carbonyl (C=O) groups is 1. The lowest BCUT2D eigenvalue weighted by molar-refractivity contribution is -0.130. The minimum Gasteiger partial charge on any atom is -0.341 e. The molecule has 100 valence electrons. The third-order valence-corrected chi connectivity index (χ3v) is 2.83. The van der Waals surface area contributed by atoms with Gasteiger partial charge in [0.15, 0.2) is 0 Å². The summed E-state index contributed by atoms with van der Waals surface area (Å²) in [5.74, 6) is -0.381. The second kappa shape index (κ2) is 7.82. The monoisotopic (exact) mass is 252 g/mol. The van der Waals surface area contributed by atoms with Crippen LogP contribution in [0.4, 0.5) is 4.39 Å². The molecule has 0 aliphatic carbocycles. The Bertz CT molecular complexity index is 382. The number of halogens is 1. The number of benzene rings is 1. The van der Waals surface area contributed by atoms with Crippen molar-refractivity contribution in [3.63, 3.8) is 0 Å². The molecule has 0 unspecified atom stereocenters. The third kappa shape index (κ3) is 4.45. The Morgan fingerprint density at radius 2 is 2.06 bits per heavy atom. The fourth-order valence-electron chi connectivity index (χ4n) is 1.78. The zero-order valence-electron chi connectivity index (χ0n) is 10.9. The SMILES string of the molecule is CCCCN(CCN)C(=O)Cc1ccccc1F. The summed E-state index contributed by atoms with van der Waals surface area (Å²) in [4.78, 5) is 13.8. The van der Waals surface area contributed by atoms with Crippen LogP contribution in [0, 0.1) is 5.82 Å². The van der Waals surface area contributed by atoms with Gasteiger partial charge in [-0.2, -0.15) is 0 Å². The molecule has 0 aromatic heterocycles. The largest absolute Gasteiger partial charge is 0.341 e. The van der Waals surface area contributed by atoms with Crippen molar-refractivity contribution >= 4 is 5.91 Å². The van der Waals surface area contributed by atoms with E-state index < -0.39 is 0 Å². The van der Waals surface area contributed by atoms with Crippen LogP contribution < -0.4 is 5.73 Å². The summed E-state index contributed by atoms with van der Waals surface area (Å²) in [5, 5.41) is 0. The first kappa shape index (κ1) is 14.6. The van der Waals surface area contributed by atoms with Gasteiger partial charge in [-0.25, -0.2) is 4.39 Å². The van der Waals surface area contributed by atoms with E-state index in [4.69, 9.17) is 5.73 Å². The normalized spacial score (nSPS) is 10.4. The fraction of sp³-hybridized carbons (Fsp3) is 0.500. The summed E-state index contributed by atoms with van der Waals surface area (Å²) in [7, 11) is 0. The smallest absolute Gasteiger partial charge is 0.227 e. The van der Waals surface area contributed by atoms with Crippen LogP contribution in [0.25, 0.3) is 0 Å². The molecule has 0 saturated carbocycles. The molecular weight excluding hydrogens is 231 g/mol. The Hall–Kier alpha value is -1.42. The molecule has 4 heteroatoms. The molecule has 0 aliphatic heterocycles. The molecule has 1 amide bonds. The summed E-state index contributed by atoms with van der Waals surface area (Å²) < 4.78 is 13.5. The van der Waals surface area contributed by atoms with Crippen molar-refractivity contribution in [2.45, 2.75) is 26.2 Å². The minimum absolute atomic E-state index is 0.0565. The topological polar surface area (TPSA) is 46.3 Å². The maximum absolute atomic E-state index is 13.5. The van der Waals surface area contributed by atoms with E-state index in [1.165, 1.54) is 6.07 Å². The van der Waals surface area contributed by atoms with E-state index in [2.05, 4.69) is 6.92 Å². The fourth-order valence-corrected chi connectivity index (χ4v) is 1.78. The van der Waals surface area contributed by atoms with Crippen LogP contribution in [-0.2, 0) is 11.2 Å². The number of carbonyl (C=O) groups excluding carboxylic acids is 1. The van der Waals surface area contributed by atoms with Crippen molar-refractivity contribution in [1.82, 2.24) is 4.90 Å². The molecule has 1 rings (SSSR count). The second-order valence-electron chi connectivity index (χ2n) is 4.29. The number of unbranched alkanes of at least 4 members (excludes halogenated alkanes) is 1. The molecule has 0 saturated heterocycles. The van der Waals surface area contributed by atoms with Crippen molar-refractivity contribution in [2.75, 3.05) is 19.6 Å². The second-order valence-corrected chi connectivity index (χ2v) is 4.29. The highest BCUT2D eigenvalue weighted by Gasteiger charge is 2.14. The standard InChI is InChI=1S/C14H21FN2O/c1-2-3-9-17(10-8-16)14(18)11-12-6-4-5-7-13(12)15/h4-7H,2-3,8-11,16H2,1H3. The van der Waals surface area contributed by atoms with Crippen molar-refractivity contribution < 1.29 is 9.18 Å². The number of nitrogens with zero attached hydrogens (tertiary/aromatic N) is 1. The predicted octanol–water partition coefficient (Wildman–Crippen LogP) is 1.96. The summed E-state index contributed by atoms with van der Waals surface area (Å²) >= 11 is 0. The van der Waals surface area contributed by atoms with Gasteiger partial charge in [0.2, 0.25) is 5.91 Å². The Morgan fingerprint density at radius 3 is 2.67 bits per heavy atom. The zero-order valence-corrected chi connectivity index (χ0v) is 10.9. The van der Waals surface area contributed by atoms with Crippen LogP contribution in [0.15, 0.2) is 24.3 Å². The number of rotatable bonds is 7. The third-order valence-electron chi connectivity index (χ3n) is 2.83. The van der Waals surface area contributed by atoms with Gasteiger partial charge >= 0.3 is 0 Å². The average Bonchev–Trinajstić information content (AvgIpc) is 2.37. The highest BCUT2D eigenvalue weighted by molar-refractivity contribution is 5.78. The number of hydrogen-bond acceptors (Lipinski definition) is 2. The number of amides is 1. The van der Waals surface area contributed by atoms with Gasteiger partial charge in [0.05, 0.1) is 6.42 Å². The van der Waals surface area contributed by atoms with Gasteiger partial charge in [-0.3, -0.25) is 4.79 Å². The predicted molar refractivity (Wildman–Crippen MR) is 70.6 cm³/mol. The Balaban J connectivity index is 2.63. The molecule has 0 radical (unpaired) electrons. The van der Waals surface area contributed by atoms with Crippen LogP contribution in [0.1, 0.15) is 25.3 Å². The van der Waals surface area contributed by atoms with Crippen LogP contribution in [0.5, 0.6) is 0 Å². The first-order valence-electron chi connectivity index (χ1n) is 6.40. The molecule has 1 aromatic rings. The van der Waals surface area contributed by atoms with E-state index in [0.29, 0.717) is 25.2 Å². The molecule has 18 heavy (non-hydrogen) atoms. The highest BCUT2D eigenvalue weighted by Crippen LogP contribution is 2.09. The molecular formula is C14H21FN2O.